The van der Waals surface area contributed by atoms with E-state index in [4.69, 9.17) is 10.5 Å². The summed E-state index contributed by atoms with van der Waals surface area (Å²) in [5, 5.41) is 0. The number of nitrogens with zero attached hydrogens (tertiary/aromatic N) is 3. The summed E-state index contributed by atoms with van der Waals surface area (Å²) in [7, 11) is 0. The molecule has 0 bridgehead atoms. The summed E-state index contributed by atoms with van der Waals surface area (Å²) in [6.07, 6.45) is 4.54. The van der Waals surface area contributed by atoms with Crippen LogP contribution in [-0.2, 0) is 6.42 Å². The highest BCUT2D eigenvalue weighted by molar-refractivity contribution is 5.80. The lowest BCUT2D eigenvalue weighted by Crippen LogP contribution is -2.03. The number of aryl methyl sites for hydroxylation is 1. The van der Waals surface area contributed by atoms with E-state index in [1.54, 1.807) is 0 Å². The van der Waals surface area contributed by atoms with Gasteiger partial charge < -0.3 is 10.5 Å². The normalized spacial score (nSPS) is 10.8. The monoisotopic (exact) mass is 260 g/mol. The van der Waals surface area contributed by atoms with Gasteiger partial charge in [0.05, 0.1) is 12.1 Å². The van der Waals surface area contributed by atoms with E-state index in [0.717, 1.165) is 24.1 Å². The SMILES string of the molecule is CCCCCc1ccc2nc(N)nc(OCC)c2n1. The Morgan fingerprint density at radius 1 is 1.11 bits per heavy atom. The molecule has 0 unspecified atom stereocenters. The number of hydrogen-bond acceptors (Lipinski definition) is 5. The highest BCUT2D eigenvalue weighted by Crippen LogP contribution is 2.22. The number of unbranched alkanes of at least 4 members (excludes halogenated alkanes) is 2. The summed E-state index contributed by atoms with van der Waals surface area (Å²) in [5.41, 5.74) is 8.14. The largest absolute Gasteiger partial charge is 0.476 e. The molecule has 0 aliphatic heterocycles. The van der Waals surface area contributed by atoms with Crippen LogP contribution in [-0.4, -0.2) is 21.6 Å². The maximum absolute atomic E-state index is 5.66. The van der Waals surface area contributed by atoms with Crippen LogP contribution in [0.4, 0.5) is 5.95 Å². The molecule has 2 rings (SSSR count). The first-order chi connectivity index (χ1) is 9.24. The minimum absolute atomic E-state index is 0.219. The van der Waals surface area contributed by atoms with Gasteiger partial charge in [-0.05, 0) is 31.9 Å². The Morgan fingerprint density at radius 3 is 2.68 bits per heavy atom. The number of ether oxygens (including phenoxy) is 1. The lowest BCUT2D eigenvalue weighted by Gasteiger charge is -2.07. The Bertz CT molecular complexity index is 556. The molecular formula is C14H20N4O. The fraction of sp³-hybridized carbons (Fsp3) is 0.500. The van der Waals surface area contributed by atoms with Crippen molar-refractivity contribution in [1.29, 1.82) is 0 Å². The second-order valence-electron chi connectivity index (χ2n) is 4.45. The van der Waals surface area contributed by atoms with Crippen LogP contribution in [0.5, 0.6) is 5.88 Å². The molecule has 0 aliphatic carbocycles. The third kappa shape index (κ3) is 3.30. The zero-order valence-electron chi connectivity index (χ0n) is 11.5. The van der Waals surface area contributed by atoms with E-state index >= 15 is 0 Å². The Kier molecular flexibility index (Phi) is 4.49. The van der Waals surface area contributed by atoms with Crippen molar-refractivity contribution in [2.45, 2.75) is 39.5 Å². The zero-order chi connectivity index (χ0) is 13.7. The predicted molar refractivity (Wildman–Crippen MR) is 76.1 cm³/mol. The molecule has 2 N–H and O–H groups in total. The summed E-state index contributed by atoms with van der Waals surface area (Å²) in [4.78, 5) is 12.9. The summed E-state index contributed by atoms with van der Waals surface area (Å²) in [6.45, 7) is 4.64. The van der Waals surface area contributed by atoms with Crippen molar-refractivity contribution in [1.82, 2.24) is 15.0 Å². The molecule has 5 heteroatoms. The fourth-order valence-corrected chi connectivity index (χ4v) is 1.98. The van der Waals surface area contributed by atoms with Crippen molar-refractivity contribution in [3.8, 4) is 5.88 Å². The Labute approximate surface area is 113 Å². The molecule has 19 heavy (non-hydrogen) atoms. The number of rotatable bonds is 6. The van der Waals surface area contributed by atoms with Crippen LogP contribution in [0, 0.1) is 0 Å². The number of fused-ring (bicyclic) bond motifs is 1. The molecule has 2 heterocycles. The summed E-state index contributed by atoms with van der Waals surface area (Å²) < 4.78 is 5.49. The number of anilines is 1. The molecule has 0 aromatic carbocycles. The minimum atomic E-state index is 0.219. The molecule has 0 fully saturated rings. The van der Waals surface area contributed by atoms with Crippen LogP contribution >= 0.6 is 0 Å². The quantitative estimate of drug-likeness (QED) is 0.808. The molecule has 0 amide bonds. The van der Waals surface area contributed by atoms with Crippen LogP contribution in [0.3, 0.4) is 0 Å². The molecule has 2 aromatic rings. The Hall–Kier alpha value is -1.91. The second kappa shape index (κ2) is 6.31. The number of nitrogen functional groups attached to an aromatic ring is 1. The van der Waals surface area contributed by atoms with E-state index in [1.807, 2.05) is 19.1 Å². The maximum Gasteiger partial charge on any atom is 0.245 e. The Balaban J connectivity index is 2.33. The number of pyridine rings is 1. The minimum Gasteiger partial charge on any atom is -0.476 e. The van der Waals surface area contributed by atoms with E-state index in [-0.39, 0.29) is 5.95 Å². The molecule has 2 aromatic heterocycles. The van der Waals surface area contributed by atoms with Gasteiger partial charge in [-0.3, -0.25) is 0 Å². The molecule has 0 radical (unpaired) electrons. The third-order valence-corrected chi connectivity index (χ3v) is 2.90. The van der Waals surface area contributed by atoms with Gasteiger partial charge in [0.15, 0.2) is 5.52 Å². The molecule has 0 saturated carbocycles. The molecule has 102 valence electrons. The topological polar surface area (TPSA) is 73.9 Å². The van der Waals surface area contributed by atoms with Crippen molar-refractivity contribution >= 4 is 17.0 Å². The van der Waals surface area contributed by atoms with Gasteiger partial charge in [0.25, 0.3) is 0 Å². The van der Waals surface area contributed by atoms with Crippen molar-refractivity contribution in [2.75, 3.05) is 12.3 Å². The van der Waals surface area contributed by atoms with Crippen molar-refractivity contribution in [3.63, 3.8) is 0 Å². The van der Waals surface area contributed by atoms with E-state index in [9.17, 15) is 0 Å². The first kappa shape index (κ1) is 13.5. The van der Waals surface area contributed by atoms with Crippen LogP contribution in [0.25, 0.3) is 11.0 Å². The van der Waals surface area contributed by atoms with Gasteiger partial charge in [-0.1, -0.05) is 19.8 Å². The number of nitrogens with two attached hydrogens (primary N) is 1. The predicted octanol–water partition coefficient (Wildman–Crippen LogP) is 2.74. The van der Waals surface area contributed by atoms with Gasteiger partial charge in [0, 0.05) is 5.69 Å². The Morgan fingerprint density at radius 2 is 1.95 bits per heavy atom. The standard InChI is InChI=1S/C14H20N4O/c1-3-5-6-7-10-8-9-11-12(16-10)13(19-4-2)18-14(15)17-11/h8-9H,3-7H2,1-2H3,(H2,15,17,18). The van der Waals surface area contributed by atoms with E-state index < -0.39 is 0 Å². The van der Waals surface area contributed by atoms with Gasteiger partial charge in [-0.2, -0.15) is 4.98 Å². The highest BCUT2D eigenvalue weighted by Gasteiger charge is 2.09. The molecule has 0 aliphatic rings. The fourth-order valence-electron chi connectivity index (χ4n) is 1.98. The van der Waals surface area contributed by atoms with Gasteiger partial charge in [-0.25, -0.2) is 9.97 Å². The van der Waals surface area contributed by atoms with Crippen LogP contribution in [0.2, 0.25) is 0 Å². The van der Waals surface area contributed by atoms with E-state index in [1.165, 1.54) is 12.8 Å². The van der Waals surface area contributed by atoms with Crippen LogP contribution in [0.1, 0.15) is 38.8 Å². The molecular weight excluding hydrogens is 240 g/mol. The van der Waals surface area contributed by atoms with E-state index in [0.29, 0.717) is 18.0 Å². The third-order valence-electron chi connectivity index (χ3n) is 2.90. The summed E-state index contributed by atoms with van der Waals surface area (Å²) >= 11 is 0. The van der Waals surface area contributed by atoms with Gasteiger partial charge in [-0.15, -0.1) is 0 Å². The smallest absolute Gasteiger partial charge is 0.245 e. The lowest BCUT2D eigenvalue weighted by atomic mass is 10.1. The van der Waals surface area contributed by atoms with Crippen LogP contribution < -0.4 is 10.5 Å². The maximum atomic E-state index is 5.66. The van der Waals surface area contributed by atoms with Gasteiger partial charge in [0.2, 0.25) is 11.8 Å². The summed E-state index contributed by atoms with van der Waals surface area (Å²) in [5.74, 6) is 0.693. The first-order valence-electron chi connectivity index (χ1n) is 6.80. The molecule has 5 nitrogen and oxygen atoms in total. The molecule has 0 saturated heterocycles. The number of aromatic nitrogens is 3. The van der Waals surface area contributed by atoms with Crippen molar-refractivity contribution < 1.29 is 4.74 Å². The average molecular weight is 260 g/mol. The number of hydrogen-bond donors (Lipinski definition) is 1. The van der Waals surface area contributed by atoms with Crippen LogP contribution in [0.15, 0.2) is 12.1 Å². The average Bonchev–Trinajstić information content (AvgIpc) is 2.40. The molecule has 0 spiro atoms. The van der Waals surface area contributed by atoms with E-state index in [2.05, 4.69) is 21.9 Å². The van der Waals surface area contributed by atoms with Crippen molar-refractivity contribution in [3.05, 3.63) is 17.8 Å². The second-order valence-corrected chi connectivity index (χ2v) is 4.45. The highest BCUT2D eigenvalue weighted by atomic mass is 16.5. The van der Waals surface area contributed by atoms with Gasteiger partial charge in [0.1, 0.15) is 0 Å². The molecule has 0 atom stereocenters. The zero-order valence-corrected chi connectivity index (χ0v) is 11.5. The van der Waals surface area contributed by atoms with Gasteiger partial charge >= 0.3 is 0 Å². The summed E-state index contributed by atoms with van der Waals surface area (Å²) in [6, 6.07) is 3.93. The first-order valence-corrected chi connectivity index (χ1v) is 6.80. The van der Waals surface area contributed by atoms with Crippen molar-refractivity contribution in [2.24, 2.45) is 0 Å². The lowest BCUT2D eigenvalue weighted by molar-refractivity contribution is 0.330.